The van der Waals surface area contributed by atoms with Gasteiger partial charge < -0.3 is 24.3 Å². The number of carbonyl (C=O) groups excluding carboxylic acids is 1. The van der Waals surface area contributed by atoms with Crippen LogP contribution in [0.15, 0.2) is 48.8 Å². The van der Waals surface area contributed by atoms with Gasteiger partial charge in [0, 0.05) is 35.6 Å². The summed E-state index contributed by atoms with van der Waals surface area (Å²) in [5, 5.41) is 3.02. The Bertz CT molecular complexity index is 1610. The van der Waals surface area contributed by atoms with E-state index in [2.05, 4.69) is 20.2 Å². The van der Waals surface area contributed by atoms with E-state index in [1.54, 1.807) is 12.1 Å². The quantitative estimate of drug-likeness (QED) is 0.440. The maximum Gasteiger partial charge on any atom is 0.387 e. The van der Waals surface area contributed by atoms with Crippen LogP contribution < -0.4 is 15.0 Å². The van der Waals surface area contributed by atoms with Crippen LogP contribution in [0.1, 0.15) is 46.7 Å². The van der Waals surface area contributed by atoms with E-state index in [0.717, 1.165) is 35.1 Å². The van der Waals surface area contributed by atoms with Gasteiger partial charge in [-0.05, 0) is 42.7 Å². The first-order valence-electron chi connectivity index (χ1n) is 12.6. The summed E-state index contributed by atoms with van der Waals surface area (Å²) < 4.78 is 39.1. The van der Waals surface area contributed by atoms with Crippen molar-refractivity contribution in [3.05, 3.63) is 65.7 Å². The molecule has 0 saturated carbocycles. The lowest BCUT2D eigenvalue weighted by molar-refractivity contribution is -0.0507. The van der Waals surface area contributed by atoms with Gasteiger partial charge in [0.25, 0.3) is 5.91 Å². The number of halogens is 2. The molecule has 2 aromatic heterocycles. The number of fused-ring (bicyclic) bond motifs is 11. The molecule has 2 fully saturated rings. The van der Waals surface area contributed by atoms with Crippen molar-refractivity contribution in [1.29, 1.82) is 0 Å². The monoisotopic (exact) mass is 516 g/mol. The van der Waals surface area contributed by atoms with E-state index < -0.39 is 6.61 Å². The molecule has 1 amide bonds. The number of nitrogens with zero attached hydrogens (tertiary/aromatic N) is 5. The maximum atomic E-state index is 13.3. The van der Waals surface area contributed by atoms with Crippen LogP contribution in [0, 0.1) is 0 Å². The van der Waals surface area contributed by atoms with E-state index in [0.29, 0.717) is 42.0 Å². The summed E-state index contributed by atoms with van der Waals surface area (Å²) in [7, 11) is 0. The van der Waals surface area contributed by atoms with Gasteiger partial charge in [0.05, 0.1) is 41.9 Å². The van der Waals surface area contributed by atoms with Crippen molar-refractivity contribution in [3.8, 4) is 16.9 Å². The van der Waals surface area contributed by atoms with Crippen molar-refractivity contribution in [1.82, 2.24) is 24.8 Å². The van der Waals surface area contributed by atoms with Crippen LogP contribution >= 0.6 is 0 Å². The van der Waals surface area contributed by atoms with Gasteiger partial charge in [-0.25, -0.2) is 15.0 Å². The molecule has 4 aliphatic heterocycles. The molecule has 2 aromatic carbocycles. The van der Waals surface area contributed by atoms with Crippen LogP contribution in [0.2, 0.25) is 0 Å². The van der Waals surface area contributed by atoms with E-state index in [1.807, 2.05) is 35.2 Å². The average molecular weight is 517 g/mol. The minimum absolute atomic E-state index is 0.00848. The molecule has 4 aliphatic rings. The van der Waals surface area contributed by atoms with Gasteiger partial charge in [-0.3, -0.25) is 4.79 Å². The third-order valence-corrected chi connectivity index (χ3v) is 8.09. The van der Waals surface area contributed by atoms with E-state index in [1.165, 1.54) is 6.07 Å². The highest BCUT2D eigenvalue weighted by Crippen LogP contribution is 2.47. The summed E-state index contributed by atoms with van der Waals surface area (Å²) in [4.78, 5) is 29.2. The van der Waals surface area contributed by atoms with Crippen LogP contribution in [-0.2, 0) is 4.74 Å². The number of aromatic nitrogens is 4. The highest BCUT2D eigenvalue weighted by Gasteiger charge is 2.43. The third kappa shape index (κ3) is 3.17. The van der Waals surface area contributed by atoms with E-state index in [4.69, 9.17) is 14.5 Å². The van der Waals surface area contributed by atoms with Crippen molar-refractivity contribution in [3.63, 3.8) is 0 Å². The third-order valence-electron chi connectivity index (χ3n) is 8.09. The molecule has 4 atom stereocenters. The molecule has 6 heterocycles. The number of carbonyl (C=O) groups is 1. The van der Waals surface area contributed by atoms with Gasteiger partial charge in [-0.1, -0.05) is 12.1 Å². The number of imidazole rings is 1. The lowest BCUT2D eigenvalue weighted by Gasteiger charge is -2.26. The van der Waals surface area contributed by atoms with Crippen molar-refractivity contribution in [2.75, 3.05) is 18.1 Å². The minimum atomic E-state index is -3.00. The van der Waals surface area contributed by atoms with Crippen LogP contribution in [0.25, 0.3) is 22.2 Å². The Kier molecular flexibility index (Phi) is 4.58. The summed E-state index contributed by atoms with van der Waals surface area (Å²) in [6, 6.07) is 10.2. The second-order valence-electron chi connectivity index (χ2n) is 10.2. The fourth-order valence-corrected chi connectivity index (χ4v) is 6.45. The first-order chi connectivity index (χ1) is 18.5. The van der Waals surface area contributed by atoms with Crippen LogP contribution in [0.3, 0.4) is 0 Å². The SMILES string of the molecule is O=C1N[C@@H]2C[C@H](c3c(OC(F)F)cccc31)n1c2nc2ccc(-c3cnc(N4C[C@@H]5C[C@H]4CO5)nc3)cc21. The number of ether oxygens (including phenoxy) is 2. The molecule has 11 heteroatoms. The number of morpholine rings is 1. The number of amides is 1. The predicted molar refractivity (Wildman–Crippen MR) is 132 cm³/mol. The zero-order valence-electron chi connectivity index (χ0n) is 20.1. The fourth-order valence-electron chi connectivity index (χ4n) is 6.45. The fraction of sp³-hybridized carbons (Fsp3) is 0.333. The number of benzene rings is 2. The number of anilines is 1. The molecular weight excluding hydrogens is 494 g/mol. The molecule has 0 spiro atoms. The second kappa shape index (κ2) is 7.94. The molecule has 8 rings (SSSR count). The Balaban J connectivity index is 1.20. The van der Waals surface area contributed by atoms with Crippen LogP contribution in [-0.4, -0.2) is 57.3 Å². The van der Waals surface area contributed by atoms with Gasteiger partial charge in [0.2, 0.25) is 5.95 Å². The molecule has 38 heavy (non-hydrogen) atoms. The zero-order valence-corrected chi connectivity index (χ0v) is 20.1. The zero-order chi connectivity index (χ0) is 25.5. The first kappa shape index (κ1) is 21.9. The molecule has 1 N–H and O–H groups in total. The normalized spacial score (nSPS) is 25.0. The Morgan fingerprint density at radius 1 is 1.11 bits per heavy atom. The Labute approximate surface area is 215 Å². The summed E-state index contributed by atoms with van der Waals surface area (Å²) >= 11 is 0. The topological polar surface area (TPSA) is 94.4 Å². The highest BCUT2D eigenvalue weighted by atomic mass is 19.3. The Morgan fingerprint density at radius 2 is 1.97 bits per heavy atom. The second-order valence-corrected chi connectivity index (χ2v) is 10.2. The summed E-state index contributed by atoms with van der Waals surface area (Å²) in [6.07, 6.45) is 5.43. The standard InChI is InChI=1S/C27H22F2N6O3/c28-26(29)38-22-3-1-2-17-23(22)21-8-19(33-25(17)36)24-32-18-5-4-13(6-20(18)35(21)24)14-9-30-27(31-10-14)34-11-16-7-15(34)12-37-16/h1-6,9-10,15-16,19,21,26H,7-8,11-12H2,(H,33,36)/t15-,16-,19+,21+/m0/s1. The van der Waals surface area contributed by atoms with Crippen molar-refractivity contribution in [2.24, 2.45) is 0 Å². The maximum absolute atomic E-state index is 13.3. The molecule has 0 radical (unpaired) electrons. The largest absolute Gasteiger partial charge is 0.434 e. The molecule has 9 nitrogen and oxygen atoms in total. The van der Waals surface area contributed by atoms with Gasteiger partial charge in [0.15, 0.2) is 0 Å². The average Bonchev–Trinajstić information content (AvgIpc) is 3.68. The molecule has 2 saturated heterocycles. The van der Waals surface area contributed by atoms with Crippen LogP contribution in [0.4, 0.5) is 14.7 Å². The van der Waals surface area contributed by atoms with E-state index >= 15 is 0 Å². The number of alkyl halides is 2. The number of rotatable bonds is 4. The number of nitrogens with one attached hydrogen (secondary N) is 1. The summed E-state index contributed by atoms with van der Waals surface area (Å²) in [5.74, 6) is 1.10. The molecule has 0 aliphatic carbocycles. The molecule has 0 unspecified atom stereocenters. The summed E-state index contributed by atoms with van der Waals surface area (Å²) in [6.45, 7) is -1.47. The predicted octanol–water partition coefficient (Wildman–Crippen LogP) is 3.85. The lowest BCUT2D eigenvalue weighted by Crippen LogP contribution is -2.38. The smallest absolute Gasteiger partial charge is 0.387 e. The van der Waals surface area contributed by atoms with E-state index in [9.17, 15) is 13.6 Å². The Hall–Kier alpha value is -4.12. The molecule has 4 bridgehead atoms. The minimum Gasteiger partial charge on any atom is -0.434 e. The summed E-state index contributed by atoms with van der Waals surface area (Å²) in [5.41, 5.74) is 4.17. The van der Waals surface area contributed by atoms with Gasteiger partial charge >= 0.3 is 6.61 Å². The van der Waals surface area contributed by atoms with Crippen molar-refractivity contribution < 1.29 is 23.0 Å². The molecular formula is C27H22F2N6O3. The van der Waals surface area contributed by atoms with Gasteiger partial charge in [-0.2, -0.15) is 8.78 Å². The van der Waals surface area contributed by atoms with E-state index in [-0.39, 0.29) is 29.8 Å². The lowest BCUT2D eigenvalue weighted by atomic mass is 9.97. The first-order valence-corrected chi connectivity index (χ1v) is 12.6. The number of hydrogen-bond donors (Lipinski definition) is 1. The van der Waals surface area contributed by atoms with Crippen LogP contribution in [0.5, 0.6) is 5.75 Å². The molecule has 4 aromatic rings. The highest BCUT2D eigenvalue weighted by molar-refractivity contribution is 5.98. The molecule has 192 valence electrons. The van der Waals surface area contributed by atoms with Gasteiger partial charge in [0.1, 0.15) is 11.6 Å². The van der Waals surface area contributed by atoms with Crippen molar-refractivity contribution >= 4 is 22.9 Å². The van der Waals surface area contributed by atoms with Crippen molar-refractivity contribution in [2.45, 2.75) is 43.7 Å². The number of hydrogen-bond acceptors (Lipinski definition) is 7. The van der Waals surface area contributed by atoms with Gasteiger partial charge in [-0.15, -0.1) is 0 Å². The Morgan fingerprint density at radius 3 is 2.74 bits per heavy atom.